The van der Waals surface area contributed by atoms with Gasteiger partial charge < -0.3 is 4.74 Å². The molecule has 0 unspecified atom stereocenters. The van der Waals surface area contributed by atoms with Gasteiger partial charge in [-0.3, -0.25) is 9.59 Å². The van der Waals surface area contributed by atoms with Crippen LogP contribution < -0.4 is 0 Å². The molecular weight excluding hydrogens is 183 g/mol. The number of unbranched alkanes of at least 4 members (excludes halogenated alkanes) is 1. The number of hydrogen-bond donors (Lipinski definition) is 0. The van der Waals surface area contributed by atoms with Crippen LogP contribution in [0.25, 0.3) is 0 Å². The topological polar surface area (TPSA) is 43.4 Å². The largest absolute Gasteiger partial charge is 0.466 e. The number of ketones is 1. The second kappa shape index (κ2) is 9.76. The molecule has 0 aliphatic heterocycles. The van der Waals surface area contributed by atoms with E-state index in [1.807, 2.05) is 6.92 Å². The van der Waals surface area contributed by atoms with Gasteiger partial charge in [0.2, 0.25) is 0 Å². The van der Waals surface area contributed by atoms with Gasteiger partial charge >= 0.3 is 5.97 Å². The highest BCUT2D eigenvalue weighted by Gasteiger charge is 2.08. The van der Waals surface area contributed by atoms with Gasteiger partial charge in [-0.2, -0.15) is 0 Å². The first-order valence-electron chi connectivity index (χ1n) is 4.38. The molecule has 0 bridgehead atoms. The highest BCUT2D eigenvalue weighted by Crippen LogP contribution is 1.99. The Bertz CT molecular complexity index is 157. The van der Waals surface area contributed by atoms with Crippen LogP contribution in [0, 0.1) is 0 Å². The summed E-state index contributed by atoms with van der Waals surface area (Å²) in [5.74, 6) is -0.422. The van der Waals surface area contributed by atoms with Crippen LogP contribution in [0.5, 0.6) is 0 Å². The quantitative estimate of drug-likeness (QED) is 0.358. The van der Waals surface area contributed by atoms with Crippen LogP contribution in [0.15, 0.2) is 0 Å². The molecule has 3 nitrogen and oxygen atoms in total. The van der Waals surface area contributed by atoms with Gasteiger partial charge in [-0.15, -0.1) is 0 Å². The van der Waals surface area contributed by atoms with Gasteiger partial charge in [0.25, 0.3) is 0 Å². The molecule has 0 amide bonds. The van der Waals surface area contributed by atoms with E-state index in [4.69, 9.17) is 0 Å². The van der Waals surface area contributed by atoms with Crippen LogP contribution >= 0.6 is 0 Å². The van der Waals surface area contributed by atoms with E-state index in [1.165, 1.54) is 0 Å². The molecule has 0 aliphatic rings. The first kappa shape index (κ1) is 15.2. The van der Waals surface area contributed by atoms with Crippen molar-refractivity contribution in [3.05, 3.63) is 0 Å². The predicted molar refractivity (Wildman–Crippen MR) is 55.7 cm³/mol. The SMILES string of the molecule is CCCCC(=O)CC(=O)OCC.[AlH3]. The number of ether oxygens (including phenoxy) is 1. The summed E-state index contributed by atoms with van der Waals surface area (Å²) in [7, 11) is 0. The molecule has 0 saturated heterocycles. The van der Waals surface area contributed by atoms with Gasteiger partial charge in [0.15, 0.2) is 17.4 Å². The number of esters is 1. The molecule has 0 spiro atoms. The molecular formula is C9H19AlO3. The predicted octanol–water partition coefficient (Wildman–Crippen LogP) is 0.515. The van der Waals surface area contributed by atoms with E-state index in [2.05, 4.69) is 4.74 Å². The third-order valence-corrected chi connectivity index (χ3v) is 1.46. The number of rotatable bonds is 6. The Kier molecular flexibility index (Phi) is 11.4. The zero-order chi connectivity index (χ0) is 9.40. The van der Waals surface area contributed by atoms with Crippen LogP contribution in [-0.4, -0.2) is 35.7 Å². The number of carbonyl (C=O) groups is 2. The number of Topliss-reactive ketones (excluding diaryl/α,β-unsaturated/α-hetero) is 1. The summed E-state index contributed by atoms with van der Waals surface area (Å²) in [4.78, 5) is 21.8. The third kappa shape index (κ3) is 9.59. The smallest absolute Gasteiger partial charge is 0.313 e. The van der Waals surface area contributed by atoms with E-state index in [9.17, 15) is 9.59 Å². The van der Waals surface area contributed by atoms with E-state index in [0.717, 1.165) is 12.8 Å². The van der Waals surface area contributed by atoms with Crippen LogP contribution in [-0.2, 0) is 14.3 Å². The second-order valence-electron chi connectivity index (χ2n) is 2.62. The van der Waals surface area contributed by atoms with Crippen molar-refractivity contribution in [2.24, 2.45) is 0 Å². The van der Waals surface area contributed by atoms with Crippen LogP contribution in [0.1, 0.15) is 39.5 Å². The van der Waals surface area contributed by atoms with Crippen molar-refractivity contribution >= 4 is 29.1 Å². The highest BCUT2D eigenvalue weighted by molar-refractivity contribution is 5.95. The molecule has 4 heteroatoms. The summed E-state index contributed by atoms with van der Waals surface area (Å²) in [6, 6.07) is 0. The maximum Gasteiger partial charge on any atom is 0.313 e. The molecule has 0 aromatic heterocycles. The van der Waals surface area contributed by atoms with Gasteiger partial charge in [-0.25, -0.2) is 0 Å². The van der Waals surface area contributed by atoms with Crippen LogP contribution in [0.3, 0.4) is 0 Å². The van der Waals surface area contributed by atoms with E-state index >= 15 is 0 Å². The maximum atomic E-state index is 11.0. The molecule has 0 N–H and O–H groups in total. The first-order valence-corrected chi connectivity index (χ1v) is 4.38. The number of carbonyl (C=O) groups excluding carboxylic acids is 2. The van der Waals surface area contributed by atoms with Gasteiger partial charge in [0, 0.05) is 6.42 Å². The van der Waals surface area contributed by atoms with Gasteiger partial charge in [-0.1, -0.05) is 13.3 Å². The van der Waals surface area contributed by atoms with Crippen molar-refractivity contribution in [3.8, 4) is 0 Å². The van der Waals surface area contributed by atoms with Gasteiger partial charge in [-0.05, 0) is 13.3 Å². The van der Waals surface area contributed by atoms with E-state index in [0.29, 0.717) is 13.0 Å². The normalized spacial score (nSPS) is 8.77. The molecule has 76 valence electrons. The molecule has 13 heavy (non-hydrogen) atoms. The lowest BCUT2D eigenvalue weighted by atomic mass is 10.1. The van der Waals surface area contributed by atoms with E-state index in [-0.39, 0.29) is 29.6 Å². The molecule has 0 fully saturated rings. The Labute approximate surface area is 90.0 Å². The fourth-order valence-corrected chi connectivity index (χ4v) is 0.835. The lowest BCUT2D eigenvalue weighted by Crippen LogP contribution is -2.10. The molecule has 0 rings (SSSR count). The molecule has 0 aliphatic carbocycles. The molecule has 0 aromatic rings. The zero-order valence-corrected chi connectivity index (χ0v) is 7.76. The third-order valence-electron chi connectivity index (χ3n) is 1.46. The summed E-state index contributed by atoms with van der Waals surface area (Å²) in [5, 5.41) is 0. The summed E-state index contributed by atoms with van der Waals surface area (Å²) >= 11 is 0. The van der Waals surface area contributed by atoms with Gasteiger partial charge in [0.1, 0.15) is 12.2 Å². The lowest BCUT2D eigenvalue weighted by Gasteiger charge is -1.99. The summed E-state index contributed by atoms with van der Waals surface area (Å²) in [6.45, 7) is 4.09. The summed E-state index contributed by atoms with van der Waals surface area (Å²) in [5.41, 5.74) is 0. The van der Waals surface area contributed by atoms with E-state index < -0.39 is 5.97 Å². The monoisotopic (exact) mass is 202 g/mol. The van der Waals surface area contributed by atoms with Crippen molar-refractivity contribution in [2.45, 2.75) is 39.5 Å². The van der Waals surface area contributed by atoms with Crippen molar-refractivity contribution in [1.29, 1.82) is 0 Å². The molecule has 0 saturated carbocycles. The van der Waals surface area contributed by atoms with Crippen LogP contribution in [0.4, 0.5) is 0 Å². The molecule has 0 atom stereocenters. The molecule has 0 heterocycles. The minimum Gasteiger partial charge on any atom is -0.466 e. The minimum atomic E-state index is -0.404. The Balaban J connectivity index is 0. The van der Waals surface area contributed by atoms with Crippen molar-refractivity contribution < 1.29 is 14.3 Å². The Morgan fingerprint density at radius 1 is 1.23 bits per heavy atom. The van der Waals surface area contributed by atoms with Gasteiger partial charge in [0.05, 0.1) is 6.61 Å². The average Bonchev–Trinajstić information content (AvgIpc) is 2.01. The highest BCUT2D eigenvalue weighted by atomic mass is 27.0. The van der Waals surface area contributed by atoms with Crippen molar-refractivity contribution in [1.82, 2.24) is 0 Å². The zero-order valence-electron chi connectivity index (χ0n) is 7.76. The summed E-state index contributed by atoms with van der Waals surface area (Å²) in [6.07, 6.45) is 2.27. The Hall–Kier alpha value is -0.328. The Morgan fingerprint density at radius 3 is 2.31 bits per heavy atom. The molecule has 0 radical (unpaired) electrons. The number of hydrogen-bond acceptors (Lipinski definition) is 3. The van der Waals surface area contributed by atoms with Crippen LogP contribution in [0.2, 0.25) is 0 Å². The fraction of sp³-hybridized carbons (Fsp3) is 0.778. The summed E-state index contributed by atoms with van der Waals surface area (Å²) < 4.78 is 4.63. The average molecular weight is 202 g/mol. The standard InChI is InChI=1S/C9H16O3.Al.3H/c1-3-5-6-8(10)7-9(11)12-4-2;;;;/h3-7H2,1-2H3;;;;. The van der Waals surface area contributed by atoms with E-state index in [1.54, 1.807) is 6.92 Å². The van der Waals surface area contributed by atoms with Crippen molar-refractivity contribution in [2.75, 3.05) is 6.61 Å². The Morgan fingerprint density at radius 2 is 1.85 bits per heavy atom. The fourth-order valence-electron chi connectivity index (χ4n) is 0.835. The maximum absolute atomic E-state index is 11.0. The molecule has 0 aromatic carbocycles. The minimum absolute atomic E-state index is 0. The first-order chi connectivity index (χ1) is 5.70. The van der Waals surface area contributed by atoms with Crippen molar-refractivity contribution in [3.63, 3.8) is 0 Å². The lowest BCUT2D eigenvalue weighted by molar-refractivity contribution is -0.145. The second-order valence-corrected chi connectivity index (χ2v) is 2.62.